The number of likely N-dealkylation sites (N-methyl/N-ethyl adjacent to an activating group) is 1. The molecule has 1 fully saturated rings. The summed E-state index contributed by atoms with van der Waals surface area (Å²) in [6.45, 7) is 17.4. The van der Waals surface area contributed by atoms with Crippen LogP contribution in [0.3, 0.4) is 0 Å². The van der Waals surface area contributed by atoms with Crippen LogP contribution in [0.1, 0.15) is 93.1 Å². The number of carbonyl (C=O) groups excluding carboxylic acids is 3. The van der Waals surface area contributed by atoms with Crippen LogP contribution in [0.5, 0.6) is 0 Å². The van der Waals surface area contributed by atoms with Crippen LogP contribution in [0.25, 0.3) is 0 Å². The van der Waals surface area contributed by atoms with Gasteiger partial charge in [0.25, 0.3) is 5.91 Å². The number of hydroxylamine groups is 2. The third kappa shape index (κ3) is 6.78. The monoisotopic (exact) mass is 614 g/mol. The van der Waals surface area contributed by atoms with Gasteiger partial charge in [-0.1, -0.05) is 92.1 Å². The molecule has 2 aliphatic rings. The van der Waals surface area contributed by atoms with Crippen LogP contribution in [0.15, 0.2) is 41.7 Å². The second-order valence-corrected chi connectivity index (χ2v) is 19.8. The molecule has 1 aromatic rings. The number of ether oxygens (including phenoxy) is 1. The van der Waals surface area contributed by atoms with E-state index < -0.39 is 32.2 Å². The molecule has 8 nitrogen and oxygen atoms in total. The highest BCUT2D eigenvalue weighted by atomic mass is 28.3. The molecule has 1 heterocycles. The zero-order valence-electron chi connectivity index (χ0n) is 27.9. The SMILES string of the molecule is CON(C)C(=O)[C@@H](O)[C@@H]1CC(=O)C([Si](C(C)C)(C(C)C)C(C)C)=CN1C(=O)O[C@H]1CCCC[C@@H]1C(C)(C)c1ccccc1. The summed E-state index contributed by atoms with van der Waals surface area (Å²) in [5, 5.41) is 12.9. The van der Waals surface area contributed by atoms with Crippen molar-refractivity contribution in [3.05, 3.63) is 47.3 Å². The van der Waals surface area contributed by atoms with Crippen LogP contribution in [-0.4, -0.2) is 73.3 Å². The van der Waals surface area contributed by atoms with E-state index in [0.29, 0.717) is 5.20 Å². The minimum Gasteiger partial charge on any atom is -0.446 e. The summed E-state index contributed by atoms with van der Waals surface area (Å²) in [6.07, 6.45) is 2.53. The Hall–Kier alpha value is -2.49. The van der Waals surface area contributed by atoms with Gasteiger partial charge in [-0.25, -0.2) is 9.86 Å². The summed E-state index contributed by atoms with van der Waals surface area (Å²) in [6, 6.07) is 9.21. The Kier molecular flexibility index (Phi) is 11.5. The van der Waals surface area contributed by atoms with Crippen LogP contribution in [0.2, 0.25) is 16.6 Å². The maximum atomic E-state index is 14.2. The quantitative estimate of drug-likeness (QED) is 0.230. The van der Waals surface area contributed by atoms with Crippen LogP contribution >= 0.6 is 0 Å². The summed E-state index contributed by atoms with van der Waals surface area (Å²) in [4.78, 5) is 47.6. The standard InChI is InChI=1S/C34H54N2O6Si/c1-22(2)43(23(3)4,24(5)6)30-21-36(27(20-28(30)37)31(38)32(39)35(9)41-10)33(40)42-29-19-15-14-18-26(29)34(7,8)25-16-12-11-13-17-25/h11-13,16-17,21-24,26-27,29,31,38H,14-15,18-20H2,1-10H3/t26-,27-,29-,31-/m0/s1. The molecule has 1 aromatic carbocycles. The molecule has 1 saturated carbocycles. The molecule has 240 valence electrons. The second kappa shape index (κ2) is 14.1. The molecule has 0 unspecified atom stereocenters. The Morgan fingerprint density at radius 3 is 2.09 bits per heavy atom. The van der Waals surface area contributed by atoms with Crippen molar-refractivity contribution < 1.29 is 29.1 Å². The summed E-state index contributed by atoms with van der Waals surface area (Å²) >= 11 is 0. The van der Waals surface area contributed by atoms with Gasteiger partial charge >= 0.3 is 6.09 Å². The molecule has 1 N–H and O–H groups in total. The normalized spacial score (nSPS) is 22.6. The fraction of sp³-hybridized carbons (Fsp3) is 0.676. The number of aliphatic hydroxyl groups is 1. The smallest absolute Gasteiger partial charge is 0.414 e. The molecule has 1 aliphatic heterocycles. The highest BCUT2D eigenvalue weighted by Gasteiger charge is 2.52. The van der Waals surface area contributed by atoms with E-state index in [2.05, 4.69) is 67.5 Å². The highest BCUT2D eigenvalue weighted by Crippen LogP contribution is 2.49. The molecule has 1 aliphatic carbocycles. The average molecular weight is 615 g/mol. The summed E-state index contributed by atoms with van der Waals surface area (Å²) in [7, 11) is 0.244. The molecule has 4 atom stereocenters. The number of ketones is 1. The molecule has 0 saturated heterocycles. The fourth-order valence-corrected chi connectivity index (χ4v) is 15.0. The van der Waals surface area contributed by atoms with Crippen LogP contribution in [-0.2, 0) is 24.6 Å². The molecule has 9 heteroatoms. The first-order valence-electron chi connectivity index (χ1n) is 15.9. The Bertz CT molecular complexity index is 1140. The van der Waals surface area contributed by atoms with Gasteiger partial charge in [0.1, 0.15) is 14.2 Å². The lowest BCUT2D eigenvalue weighted by Crippen LogP contribution is -2.58. The van der Waals surface area contributed by atoms with Crippen LogP contribution in [0.4, 0.5) is 4.79 Å². The first kappa shape index (κ1) is 35.0. The van der Waals surface area contributed by atoms with Crippen molar-refractivity contribution in [2.24, 2.45) is 5.92 Å². The van der Waals surface area contributed by atoms with Crippen LogP contribution < -0.4 is 0 Å². The lowest BCUT2D eigenvalue weighted by molar-refractivity contribution is -0.180. The first-order valence-corrected chi connectivity index (χ1v) is 18.1. The zero-order valence-corrected chi connectivity index (χ0v) is 28.9. The van der Waals surface area contributed by atoms with Gasteiger partial charge < -0.3 is 9.84 Å². The molecule has 0 spiro atoms. The molecule has 0 bridgehead atoms. The van der Waals surface area contributed by atoms with E-state index in [9.17, 15) is 19.5 Å². The van der Waals surface area contributed by atoms with Crippen molar-refractivity contribution in [2.45, 2.75) is 128 Å². The van der Waals surface area contributed by atoms with Gasteiger partial charge in [-0.05, 0) is 52.1 Å². The maximum Gasteiger partial charge on any atom is 0.414 e. The Labute approximate surface area is 259 Å². The number of amides is 2. The lowest BCUT2D eigenvalue weighted by Gasteiger charge is -2.48. The van der Waals surface area contributed by atoms with Crippen molar-refractivity contribution in [1.82, 2.24) is 9.96 Å². The van der Waals surface area contributed by atoms with E-state index in [1.807, 2.05) is 18.2 Å². The van der Waals surface area contributed by atoms with Crippen molar-refractivity contribution in [3.63, 3.8) is 0 Å². The molecular weight excluding hydrogens is 560 g/mol. The number of carbonyl (C=O) groups is 3. The largest absolute Gasteiger partial charge is 0.446 e. The van der Waals surface area contributed by atoms with E-state index in [4.69, 9.17) is 9.57 Å². The predicted octanol–water partition coefficient (Wildman–Crippen LogP) is 6.79. The van der Waals surface area contributed by atoms with Crippen LogP contribution in [0, 0.1) is 5.92 Å². The second-order valence-electron chi connectivity index (χ2n) is 13.9. The lowest BCUT2D eigenvalue weighted by atomic mass is 9.66. The topological polar surface area (TPSA) is 96.4 Å². The minimum absolute atomic E-state index is 0.0857. The van der Waals surface area contributed by atoms with Gasteiger partial charge in [0.15, 0.2) is 11.9 Å². The number of Topliss-reactive ketones (excluding diaryl/α,β-unsaturated/α-hetero) is 1. The van der Waals surface area contributed by atoms with E-state index in [0.717, 1.165) is 30.7 Å². The van der Waals surface area contributed by atoms with Crippen molar-refractivity contribution in [1.29, 1.82) is 0 Å². The summed E-state index contributed by atoms with van der Waals surface area (Å²) < 4.78 is 6.36. The van der Waals surface area contributed by atoms with Gasteiger partial charge in [0.05, 0.1) is 13.2 Å². The van der Waals surface area contributed by atoms with Crippen molar-refractivity contribution in [3.8, 4) is 0 Å². The van der Waals surface area contributed by atoms with E-state index >= 15 is 0 Å². The number of nitrogens with zero attached hydrogens (tertiary/aromatic N) is 2. The number of aliphatic hydroxyl groups excluding tert-OH is 1. The van der Waals surface area contributed by atoms with E-state index in [1.54, 1.807) is 6.20 Å². The van der Waals surface area contributed by atoms with Gasteiger partial charge in [0, 0.05) is 25.6 Å². The van der Waals surface area contributed by atoms with Gasteiger partial charge in [-0.2, -0.15) is 0 Å². The van der Waals surface area contributed by atoms with Crippen molar-refractivity contribution in [2.75, 3.05) is 14.2 Å². The number of hydrogen-bond donors (Lipinski definition) is 1. The molecular formula is C34H54N2O6Si. The van der Waals surface area contributed by atoms with Gasteiger partial charge in [0.2, 0.25) is 0 Å². The van der Waals surface area contributed by atoms with Gasteiger partial charge in [-0.15, -0.1) is 0 Å². The Morgan fingerprint density at radius 2 is 1.56 bits per heavy atom. The van der Waals surface area contributed by atoms with E-state index in [-0.39, 0.29) is 46.3 Å². The summed E-state index contributed by atoms with van der Waals surface area (Å²) in [5.41, 5.74) is 1.65. The number of hydrogen-bond acceptors (Lipinski definition) is 6. The third-order valence-electron chi connectivity index (χ3n) is 10.5. The summed E-state index contributed by atoms with van der Waals surface area (Å²) in [5.74, 6) is -0.747. The van der Waals surface area contributed by atoms with Gasteiger partial charge in [-0.3, -0.25) is 19.3 Å². The number of allylic oxidation sites excluding steroid dienone is 1. The number of benzene rings is 1. The average Bonchev–Trinajstić information content (AvgIpc) is 2.96. The molecule has 43 heavy (non-hydrogen) atoms. The molecule has 2 amide bonds. The molecule has 0 radical (unpaired) electrons. The first-order chi connectivity index (χ1) is 20.1. The highest BCUT2D eigenvalue weighted by molar-refractivity contribution is 6.93. The minimum atomic E-state index is -2.48. The number of rotatable bonds is 10. The maximum absolute atomic E-state index is 14.2. The molecule has 3 rings (SSSR count). The fourth-order valence-electron chi connectivity index (χ4n) is 8.22. The predicted molar refractivity (Wildman–Crippen MR) is 172 cm³/mol. The zero-order chi connectivity index (χ0) is 32.3. The Morgan fingerprint density at radius 1 is 1.00 bits per heavy atom. The third-order valence-corrected chi connectivity index (χ3v) is 17.5. The molecule has 0 aromatic heterocycles. The van der Waals surface area contributed by atoms with E-state index in [1.165, 1.54) is 24.6 Å². The Balaban J connectivity index is 2.08. The van der Waals surface area contributed by atoms with Crippen molar-refractivity contribution >= 4 is 25.9 Å².